The normalized spacial score (nSPS) is 11.7. The SMILES string of the molecule is Cc1ccc(-c2ccc(-c3c4ccccc4c(-c4ccc(-n5c6ccccc6c6ccccc65)cc4)c4ccccc34)c3ccccc23)cc1.c1ccc2c(c1)cc(-c1c3ccccc3c(-c3ccc(-c4ccc(-n5c6ccccc6c6ccccc65)cc4)cc3)c3ccccc13)c1ccccc12. The first kappa shape index (κ1) is 59.6. The smallest absolute Gasteiger partial charge is 0.0541 e. The number of rotatable bonds is 8. The van der Waals surface area contributed by atoms with Gasteiger partial charge in [-0.25, -0.2) is 0 Å². The molecule has 2 aromatic heterocycles. The van der Waals surface area contributed by atoms with Crippen molar-refractivity contribution in [3.05, 3.63) is 388 Å². The van der Waals surface area contributed by atoms with E-state index in [0.717, 1.165) is 5.69 Å². The van der Waals surface area contributed by atoms with Crippen LogP contribution in [-0.2, 0) is 0 Å². The third-order valence-electron chi connectivity index (χ3n) is 21.7. The highest BCUT2D eigenvalue weighted by molar-refractivity contribution is 6.27. The molecule has 0 aliphatic rings. The van der Waals surface area contributed by atoms with Crippen LogP contribution in [0.15, 0.2) is 382 Å². The van der Waals surface area contributed by atoms with Gasteiger partial charge < -0.3 is 9.13 Å². The van der Waals surface area contributed by atoms with Gasteiger partial charge >= 0.3 is 0 Å². The molecule has 0 aliphatic heterocycles. The maximum atomic E-state index is 2.40. The van der Waals surface area contributed by atoms with E-state index in [4.69, 9.17) is 0 Å². The van der Waals surface area contributed by atoms with Crippen molar-refractivity contribution in [1.29, 1.82) is 0 Å². The summed E-state index contributed by atoms with van der Waals surface area (Å²) in [4.78, 5) is 0. The van der Waals surface area contributed by atoms with Crippen LogP contribution in [0.25, 0.3) is 197 Å². The fourth-order valence-electron chi connectivity index (χ4n) is 17.0. The second kappa shape index (κ2) is 24.5. The molecule has 0 bridgehead atoms. The second-order valence-electron chi connectivity index (χ2n) is 27.4. The number of para-hydroxylation sites is 4. The van der Waals surface area contributed by atoms with Crippen molar-refractivity contribution in [2.75, 3.05) is 0 Å². The molecule has 0 fully saturated rings. The average molecular weight is 1310 g/mol. The highest BCUT2D eigenvalue weighted by atomic mass is 15.0. The van der Waals surface area contributed by atoms with Crippen LogP contribution in [0.3, 0.4) is 0 Å². The van der Waals surface area contributed by atoms with Gasteiger partial charge in [0.2, 0.25) is 0 Å². The van der Waals surface area contributed by atoms with Gasteiger partial charge in [-0.05, 0) is 204 Å². The lowest BCUT2D eigenvalue weighted by atomic mass is 9.83. The van der Waals surface area contributed by atoms with E-state index in [0.29, 0.717) is 0 Å². The summed E-state index contributed by atoms with van der Waals surface area (Å²) in [6, 6.07) is 140. The Balaban J connectivity index is 0.000000138. The molecule has 0 atom stereocenters. The van der Waals surface area contributed by atoms with Crippen molar-refractivity contribution < 1.29 is 0 Å². The lowest BCUT2D eigenvalue weighted by Gasteiger charge is -2.20. The number of aromatic nitrogens is 2. The van der Waals surface area contributed by atoms with Gasteiger partial charge in [-0.2, -0.15) is 0 Å². The highest BCUT2D eigenvalue weighted by Gasteiger charge is 2.23. The molecule has 0 saturated carbocycles. The van der Waals surface area contributed by atoms with E-state index < -0.39 is 0 Å². The first-order chi connectivity index (χ1) is 51.1. The maximum absolute atomic E-state index is 2.40. The molecule has 0 N–H and O–H groups in total. The van der Waals surface area contributed by atoms with Gasteiger partial charge in [0.15, 0.2) is 0 Å². The number of hydrogen-bond acceptors (Lipinski definition) is 0. The minimum atomic E-state index is 1.16. The number of hydrogen-bond donors (Lipinski definition) is 0. The molecule has 0 amide bonds. The Labute approximate surface area is 597 Å². The Kier molecular flexibility index (Phi) is 14.2. The number of fused-ring (bicyclic) bond motifs is 14. The summed E-state index contributed by atoms with van der Waals surface area (Å²) in [5, 5.41) is 22.9. The van der Waals surface area contributed by atoms with Crippen molar-refractivity contribution in [2.24, 2.45) is 0 Å². The summed E-state index contributed by atoms with van der Waals surface area (Å²) in [5.41, 5.74) is 23.5. The summed E-state index contributed by atoms with van der Waals surface area (Å²) in [7, 11) is 0. The third kappa shape index (κ3) is 9.78. The Bertz CT molecular complexity index is 6730. The molecule has 0 saturated heterocycles. The Morgan fingerprint density at radius 3 is 0.835 bits per heavy atom. The van der Waals surface area contributed by atoms with Gasteiger partial charge in [-0.15, -0.1) is 0 Å². The molecule has 21 rings (SSSR count). The largest absolute Gasteiger partial charge is 0.309 e. The van der Waals surface area contributed by atoms with E-state index in [1.165, 1.54) is 197 Å². The molecule has 21 aromatic rings. The van der Waals surface area contributed by atoms with E-state index in [1.807, 2.05) is 0 Å². The molecule has 0 spiro atoms. The monoisotopic (exact) mass is 1310 g/mol. The summed E-state index contributed by atoms with van der Waals surface area (Å²) in [6.07, 6.45) is 0. The van der Waals surface area contributed by atoms with E-state index >= 15 is 0 Å². The quantitative estimate of drug-likeness (QED) is 0.106. The summed E-state index contributed by atoms with van der Waals surface area (Å²) < 4.78 is 4.76. The summed E-state index contributed by atoms with van der Waals surface area (Å²) >= 11 is 0. The van der Waals surface area contributed by atoms with Crippen LogP contribution in [0.4, 0.5) is 0 Å². The molecule has 2 heterocycles. The van der Waals surface area contributed by atoms with Gasteiger partial charge in [0.05, 0.1) is 22.1 Å². The zero-order valence-corrected chi connectivity index (χ0v) is 56.8. The molecular formula is C101H66N2. The predicted octanol–water partition coefficient (Wildman–Crippen LogP) is 28.0. The minimum Gasteiger partial charge on any atom is -0.309 e. The maximum Gasteiger partial charge on any atom is 0.0541 e. The van der Waals surface area contributed by atoms with Crippen LogP contribution in [0.5, 0.6) is 0 Å². The molecule has 0 aliphatic carbocycles. The van der Waals surface area contributed by atoms with Crippen molar-refractivity contribution in [1.82, 2.24) is 9.13 Å². The van der Waals surface area contributed by atoms with Crippen molar-refractivity contribution in [2.45, 2.75) is 6.92 Å². The highest BCUT2D eigenvalue weighted by Crippen LogP contribution is 2.50. The zero-order chi connectivity index (χ0) is 68.1. The molecule has 103 heavy (non-hydrogen) atoms. The Morgan fingerprint density at radius 2 is 0.427 bits per heavy atom. The van der Waals surface area contributed by atoms with Crippen LogP contribution < -0.4 is 0 Å². The molecule has 19 aromatic carbocycles. The third-order valence-corrected chi connectivity index (χ3v) is 21.7. The van der Waals surface area contributed by atoms with Gasteiger partial charge in [-0.3, -0.25) is 0 Å². The minimum absolute atomic E-state index is 1.16. The lowest BCUT2D eigenvalue weighted by Crippen LogP contribution is -1.95. The molecule has 2 heteroatoms. The van der Waals surface area contributed by atoms with E-state index in [1.54, 1.807) is 0 Å². The second-order valence-corrected chi connectivity index (χ2v) is 27.4. The summed E-state index contributed by atoms with van der Waals surface area (Å²) in [5.74, 6) is 0. The molecule has 0 radical (unpaired) electrons. The summed E-state index contributed by atoms with van der Waals surface area (Å²) in [6.45, 7) is 2.14. The molecule has 0 unspecified atom stereocenters. The van der Waals surface area contributed by atoms with Gasteiger partial charge in [0.1, 0.15) is 0 Å². The Morgan fingerprint density at radius 1 is 0.165 bits per heavy atom. The van der Waals surface area contributed by atoms with E-state index in [9.17, 15) is 0 Å². The number of nitrogens with zero attached hydrogens (tertiary/aromatic N) is 2. The molecule has 2 nitrogen and oxygen atoms in total. The average Bonchev–Trinajstić information content (AvgIpc) is 1.71. The van der Waals surface area contributed by atoms with Crippen molar-refractivity contribution in [3.63, 3.8) is 0 Å². The van der Waals surface area contributed by atoms with Gasteiger partial charge in [0.25, 0.3) is 0 Å². The molecule has 480 valence electrons. The lowest BCUT2D eigenvalue weighted by molar-refractivity contribution is 1.18. The van der Waals surface area contributed by atoms with Crippen molar-refractivity contribution in [3.8, 4) is 78.1 Å². The van der Waals surface area contributed by atoms with E-state index in [2.05, 4.69) is 398 Å². The Hall–Kier alpha value is -13.4. The number of benzene rings is 19. The first-order valence-corrected chi connectivity index (χ1v) is 35.7. The first-order valence-electron chi connectivity index (χ1n) is 35.7. The van der Waals surface area contributed by atoms with Crippen LogP contribution >= 0.6 is 0 Å². The van der Waals surface area contributed by atoms with Crippen LogP contribution in [-0.4, -0.2) is 9.13 Å². The van der Waals surface area contributed by atoms with Crippen LogP contribution in [0, 0.1) is 6.92 Å². The standard InChI is InChI=1S/C52H33N.C49H33N/c1-2-14-39-37(13-1)33-48(41-16-4-3-15-40(39)41)52-46-21-7-5-19-44(46)51(45-20-6-8-22-47(45)52)36-27-25-34(26-28-36)35-29-31-38(32-30-35)53-49-23-11-9-17-42(49)43-18-10-12-24-50(43)53;1-32-22-24-33(25-23-32)36-30-31-45(38-13-3-2-12-37(36)38)49-43-18-6-4-16-41(43)48(42-17-5-7-19-44(42)49)34-26-28-35(29-27-34)50-46-20-10-8-14-39(46)40-15-9-11-21-47(40)50/h1-33H;2-31H,1H3. The number of aryl methyl sites for hydroxylation is 1. The van der Waals surface area contributed by atoms with E-state index in [-0.39, 0.29) is 0 Å². The van der Waals surface area contributed by atoms with Gasteiger partial charge in [0, 0.05) is 32.9 Å². The zero-order valence-electron chi connectivity index (χ0n) is 56.8. The van der Waals surface area contributed by atoms with Gasteiger partial charge in [-0.1, -0.05) is 333 Å². The van der Waals surface area contributed by atoms with Crippen molar-refractivity contribution >= 4 is 119 Å². The topological polar surface area (TPSA) is 9.86 Å². The predicted molar refractivity (Wildman–Crippen MR) is 441 cm³/mol. The molecular weight excluding hydrogens is 1240 g/mol. The van der Waals surface area contributed by atoms with Crippen LogP contribution in [0.1, 0.15) is 5.56 Å². The fourth-order valence-corrected chi connectivity index (χ4v) is 17.0. The fraction of sp³-hybridized carbons (Fsp3) is 0.00990. The van der Waals surface area contributed by atoms with Crippen LogP contribution in [0.2, 0.25) is 0 Å².